The summed E-state index contributed by atoms with van der Waals surface area (Å²) < 4.78 is 114. The summed E-state index contributed by atoms with van der Waals surface area (Å²) in [5.74, 6) is -1.76. The van der Waals surface area contributed by atoms with Crippen molar-refractivity contribution in [3.05, 3.63) is 101 Å². The number of nitrogens with zero attached hydrogens (tertiary/aromatic N) is 1. The average Bonchev–Trinajstić information content (AvgIpc) is 3.11. The van der Waals surface area contributed by atoms with Crippen LogP contribution in [0.1, 0.15) is 47.8 Å². The van der Waals surface area contributed by atoms with Crippen LogP contribution in [-0.2, 0) is 23.6 Å². The molecule has 2 atom stereocenters. The van der Waals surface area contributed by atoms with Crippen LogP contribution < -0.4 is 0 Å². The molecule has 1 aliphatic rings. The van der Waals surface area contributed by atoms with Gasteiger partial charge in [0.15, 0.2) is 0 Å². The molecule has 1 saturated heterocycles. The van der Waals surface area contributed by atoms with Crippen molar-refractivity contribution in [2.24, 2.45) is 0 Å². The second-order valence-corrected chi connectivity index (χ2v) is 9.29. The lowest BCUT2D eigenvalue weighted by molar-refractivity contribution is -0.138. The molecular formula is C28H21F8NO2. The molecule has 4 rings (SSSR count). The second kappa shape index (κ2) is 10.0. The summed E-state index contributed by atoms with van der Waals surface area (Å²) in [6.07, 6.45) is -11.9. The Labute approximate surface area is 218 Å². The molecule has 1 aliphatic heterocycles. The number of halogens is 8. The van der Waals surface area contributed by atoms with E-state index in [1.54, 1.807) is 6.92 Å². The maximum absolute atomic E-state index is 14.2. The van der Waals surface area contributed by atoms with Crippen LogP contribution in [0.25, 0.3) is 16.7 Å². The first kappa shape index (κ1) is 28.1. The molecule has 0 N–H and O–H groups in total. The highest BCUT2D eigenvalue weighted by Crippen LogP contribution is 2.40. The van der Waals surface area contributed by atoms with E-state index in [0.717, 1.165) is 29.2 Å². The summed E-state index contributed by atoms with van der Waals surface area (Å²) >= 11 is 0. The second-order valence-electron chi connectivity index (χ2n) is 9.29. The highest BCUT2D eigenvalue weighted by atomic mass is 19.4. The van der Waals surface area contributed by atoms with Crippen LogP contribution in [0.4, 0.5) is 39.9 Å². The third kappa shape index (κ3) is 5.76. The minimum Gasteiger partial charge on any atom is -0.439 e. The summed E-state index contributed by atoms with van der Waals surface area (Å²) in [6, 6.07) is 7.62. The van der Waals surface area contributed by atoms with E-state index in [-0.39, 0.29) is 22.3 Å². The normalized spacial score (nSPS) is 17.9. The number of benzene rings is 3. The SMILES string of the molecule is C=C(C)c1cc(-c2ccc(C(F)(F)F)cc2CN2C(=O)O[C@H](c3cc(F)cc(C(F)(F)F)c3)[C@@H]2C)ccc1F. The topological polar surface area (TPSA) is 29.5 Å². The van der Waals surface area contributed by atoms with Gasteiger partial charge in [-0.3, -0.25) is 4.90 Å². The van der Waals surface area contributed by atoms with E-state index in [1.807, 2.05) is 0 Å². The number of allylic oxidation sites excluding steroid dienone is 1. The number of ether oxygens (including phenoxy) is 1. The van der Waals surface area contributed by atoms with Crippen LogP contribution in [-0.4, -0.2) is 17.0 Å². The molecule has 1 heterocycles. The number of amides is 1. The Bertz CT molecular complexity index is 1440. The Morgan fingerprint density at radius 2 is 1.59 bits per heavy atom. The Morgan fingerprint density at radius 1 is 0.923 bits per heavy atom. The molecule has 0 radical (unpaired) electrons. The van der Waals surface area contributed by atoms with E-state index in [4.69, 9.17) is 4.74 Å². The van der Waals surface area contributed by atoms with Crippen molar-refractivity contribution in [3.8, 4) is 11.1 Å². The smallest absolute Gasteiger partial charge is 0.416 e. The first-order chi connectivity index (χ1) is 18.1. The van der Waals surface area contributed by atoms with E-state index in [1.165, 1.54) is 25.1 Å². The molecular weight excluding hydrogens is 534 g/mol. The Morgan fingerprint density at radius 3 is 2.21 bits per heavy atom. The zero-order valence-electron chi connectivity index (χ0n) is 20.6. The quantitative estimate of drug-likeness (QED) is 0.295. The fourth-order valence-electron chi connectivity index (χ4n) is 4.49. The van der Waals surface area contributed by atoms with Crippen molar-refractivity contribution in [1.82, 2.24) is 4.90 Å². The minimum absolute atomic E-state index is 0.0313. The maximum Gasteiger partial charge on any atom is 0.416 e. The first-order valence-corrected chi connectivity index (χ1v) is 11.6. The highest BCUT2D eigenvalue weighted by Gasteiger charge is 2.42. The molecule has 0 aliphatic carbocycles. The number of alkyl halides is 6. The van der Waals surface area contributed by atoms with Gasteiger partial charge in [-0.2, -0.15) is 26.3 Å². The Hall–Kier alpha value is -3.89. The lowest BCUT2D eigenvalue weighted by Gasteiger charge is -2.23. The number of carbonyl (C=O) groups excluding carboxylic acids is 1. The van der Waals surface area contributed by atoms with E-state index in [0.29, 0.717) is 23.3 Å². The Kier molecular flexibility index (Phi) is 7.22. The van der Waals surface area contributed by atoms with Crippen molar-refractivity contribution in [2.45, 2.75) is 44.9 Å². The van der Waals surface area contributed by atoms with Gasteiger partial charge in [-0.05, 0) is 84.1 Å². The predicted molar refractivity (Wildman–Crippen MR) is 127 cm³/mol. The van der Waals surface area contributed by atoms with Crippen molar-refractivity contribution in [2.75, 3.05) is 0 Å². The van der Waals surface area contributed by atoms with Crippen molar-refractivity contribution < 1.29 is 44.7 Å². The molecule has 11 heteroatoms. The zero-order chi connectivity index (χ0) is 28.9. The standard InChI is InChI=1S/C28H21F8NO2/c1-14(2)23-11-16(4-7-24(23)30)22-6-5-19(27(31,32)33)9-18(22)13-37-15(3)25(39-26(37)38)17-8-20(28(34,35)36)12-21(29)10-17/h4-12,15,25H,1,13H2,2-3H3/t15-,25-/m0/s1. The summed E-state index contributed by atoms with van der Waals surface area (Å²) in [7, 11) is 0. The van der Waals surface area contributed by atoms with Gasteiger partial charge in [0.2, 0.25) is 0 Å². The summed E-state index contributed by atoms with van der Waals surface area (Å²) in [5, 5.41) is 0. The molecule has 0 unspecified atom stereocenters. The van der Waals surface area contributed by atoms with E-state index < -0.39 is 59.9 Å². The van der Waals surface area contributed by atoms with Crippen LogP contribution in [0.2, 0.25) is 0 Å². The van der Waals surface area contributed by atoms with Crippen molar-refractivity contribution >= 4 is 11.7 Å². The van der Waals surface area contributed by atoms with Gasteiger partial charge in [-0.1, -0.05) is 18.7 Å². The molecule has 3 aromatic carbocycles. The Balaban J connectivity index is 1.75. The van der Waals surface area contributed by atoms with Crippen molar-refractivity contribution in [3.63, 3.8) is 0 Å². The van der Waals surface area contributed by atoms with Crippen LogP contribution in [0, 0.1) is 11.6 Å². The van der Waals surface area contributed by atoms with E-state index in [2.05, 4.69) is 6.58 Å². The third-order valence-corrected chi connectivity index (χ3v) is 6.48. The van der Waals surface area contributed by atoms with Crippen LogP contribution >= 0.6 is 0 Å². The third-order valence-electron chi connectivity index (χ3n) is 6.48. The van der Waals surface area contributed by atoms with Gasteiger partial charge in [-0.25, -0.2) is 13.6 Å². The average molecular weight is 555 g/mol. The largest absolute Gasteiger partial charge is 0.439 e. The number of hydrogen-bond donors (Lipinski definition) is 0. The van der Waals surface area contributed by atoms with Gasteiger partial charge >= 0.3 is 18.4 Å². The van der Waals surface area contributed by atoms with Crippen LogP contribution in [0.3, 0.4) is 0 Å². The molecule has 3 aromatic rings. The lowest BCUT2D eigenvalue weighted by Crippen LogP contribution is -2.31. The molecule has 1 amide bonds. The molecule has 0 aromatic heterocycles. The first-order valence-electron chi connectivity index (χ1n) is 11.6. The van der Waals surface area contributed by atoms with Crippen LogP contribution in [0.15, 0.2) is 61.2 Å². The van der Waals surface area contributed by atoms with Crippen molar-refractivity contribution in [1.29, 1.82) is 0 Å². The summed E-state index contributed by atoms with van der Waals surface area (Å²) in [6.45, 7) is 6.28. The molecule has 39 heavy (non-hydrogen) atoms. The van der Waals surface area contributed by atoms with E-state index in [9.17, 15) is 39.9 Å². The van der Waals surface area contributed by atoms with Crippen LogP contribution in [0.5, 0.6) is 0 Å². The van der Waals surface area contributed by atoms with Gasteiger partial charge in [-0.15, -0.1) is 0 Å². The predicted octanol–water partition coefficient (Wildman–Crippen LogP) is 8.78. The fourth-order valence-corrected chi connectivity index (χ4v) is 4.49. The maximum atomic E-state index is 14.2. The molecule has 1 fully saturated rings. The zero-order valence-corrected chi connectivity index (χ0v) is 20.6. The minimum atomic E-state index is -4.85. The van der Waals surface area contributed by atoms with Gasteiger partial charge in [0, 0.05) is 5.56 Å². The van der Waals surface area contributed by atoms with Gasteiger partial charge in [0.1, 0.15) is 17.7 Å². The number of hydrogen-bond acceptors (Lipinski definition) is 2. The number of carbonyl (C=O) groups is 1. The molecule has 0 spiro atoms. The lowest BCUT2D eigenvalue weighted by atomic mass is 9.94. The fraction of sp³-hybridized carbons (Fsp3) is 0.250. The number of rotatable bonds is 5. The van der Waals surface area contributed by atoms with Gasteiger partial charge in [0.05, 0.1) is 23.7 Å². The van der Waals surface area contributed by atoms with Gasteiger partial charge < -0.3 is 4.74 Å². The molecule has 0 bridgehead atoms. The monoisotopic (exact) mass is 555 g/mol. The summed E-state index contributed by atoms with van der Waals surface area (Å²) in [5.41, 5.74) is -1.34. The highest BCUT2D eigenvalue weighted by molar-refractivity contribution is 5.75. The van der Waals surface area contributed by atoms with E-state index >= 15 is 0 Å². The molecule has 206 valence electrons. The molecule has 0 saturated carbocycles. The number of cyclic esters (lactones) is 1. The summed E-state index contributed by atoms with van der Waals surface area (Å²) in [4.78, 5) is 13.8. The van der Waals surface area contributed by atoms with Gasteiger partial charge in [0.25, 0.3) is 0 Å². The molecule has 3 nitrogen and oxygen atoms in total.